The lowest BCUT2D eigenvalue weighted by Gasteiger charge is -2.35. The van der Waals surface area contributed by atoms with E-state index in [1.54, 1.807) is 0 Å². The Hall–Kier alpha value is -0.820. The zero-order chi connectivity index (χ0) is 14.2. The summed E-state index contributed by atoms with van der Waals surface area (Å²) in [6.45, 7) is -0.237. The summed E-state index contributed by atoms with van der Waals surface area (Å²) in [5.74, 6) is -0.201. The van der Waals surface area contributed by atoms with Gasteiger partial charge in [-0.05, 0) is 0 Å². The summed E-state index contributed by atoms with van der Waals surface area (Å²) >= 11 is 1.30. The van der Waals surface area contributed by atoms with E-state index in [9.17, 15) is 24.6 Å². The van der Waals surface area contributed by atoms with Gasteiger partial charge in [-0.3, -0.25) is 4.57 Å². The molecule has 106 valence electrons. The molecule has 1 aromatic heterocycles. The van der Waals surface area contributed by atoms with Crippen molar-refractivity contribution < 1.29 is 24.5 Å². The molecule has 1 aromatic rings. The highest BCUT2D eigenvalue weighted by atomic mass is 127. The van der Waals surface area contributed by atoms with E-state index in [0.717, 1.165) is 4.57 Å². The Bertz CT molecular complexity index is 513. The molecule has 0 amide bonds. The third kappa shape index (κ3) is 2.86. The molecule has 2 rings (SSSR count). The van der Waals surface area contributed by atoms with E-state index >= 15 is 0 Å². The Morgan fingerprint density at radius 2 is 2.16 bits per heavy atom. The van der Waals surface area contributed by atoms with Gasteiger partial charge in [0.2, 0.25) is 0 Å². The van der Waals surface area contributed by atoms with Crippen molar-refractivity contribution in [2.24, 2.45) is 0 Å². The number of anilines is 1. The Kier molecular flexibility index (Phi) is 4.35. The fourth-order valence-electron chi connectivity index (χ4n) is 1.73. The van der Waals surface area contributed by atoms with Crippen molar-refractivity contribution in [2.75, 3.05) is 9.94 Å². The first-order valence-corrected chi connectivity index (χ1v) is 6.25. The molecule has 2 heterocycles. The Labute approximate surface area is 120 Å². The van der Waals surface area contributed by atoms with Crippen molar-refractivity contribution in [2.45, 2.75) is 24.5 Å². The monoisotopic (exact) mass is 387 g/mol. The minimum absolute atomic E-state index is 0.139. The number of aliphatic hydroxyl groups excluding tert-OH is 3. The summed E-state index contributed by atoms with van der Waals surface area (Å²) < 4.78 is 19.0. The fraction of sp³-hybridized carbons (Fsp3) is 0.556. The number of nitrogens with zero attached hydrogens (tertiary/aromatic N) is 3. The molecule has 0 spiro atoms. The van der Waals surface area contributed by atoms with Gasteiger partial charge in [-0.2, -0.15) is 4.98 Å². The van der Waals surface area contributed by atoms with Gasteiger partial charge in [0.1, 0.15) is 18.3 Å². The summed E-state index contributed by atoms with van der Waals surface area (Å²) in [5.41, 5.74) is -0.843. The van der Waals surface area contributed by atoms with Crippen molar-refractivity contribution in [3.63, 3.8) is 0 Å². The van der Waals surface area contributed by atoms with E-state index in [2.05, 4.69) is 4.98 Å². The molecule has 3 N–H and O–H groups in total. The lowest BCUT2D eigenvalue weighted by Crippen LogP contribution is -2.52. The SMILES string of the molecule is O=c1nc(N(F)I)ccn1C1OC[C@@H](O)[C@@H](O)[C@@H]1O. The largest absolute Gasteiger partial charge is 0.388 e. The van der Waals surface area contributed by atoms with Crippen LogP contribution < -0.4 is 9.03 Å². The zero-order valence-corrected chi connectivity index (χ0v) is 11.6. The quantitative estimate of drug-likeness (QED) is 0.437. The molecule has 1 fully saturated rings. The average molecular weight is 387 g/mol. The van der Waals surface area contributed by atoms with Crippen LogP contribution in [-0.2, 0) is 4.74 Å². The number of ether oxygens (including phenoxy) is 1. The molecular weight excluding hydrogens is 376 g/mol. The van der Waals surface area contributed by atoms with Crippen LogP contribution in [0.15, 0.2) is 17.1 Å². The van der Waals surface area contributed by atoms with Gasteiger partial charge in [-0.25, -0.2) is 4.79 Å². The smallest absolute Gasteiger partial charge is 0.351 e. The molecule has 19 heavy (non-hydrogen) atoms. The van der Waals surface area contributed by atoms with Gasteiger partial charge in [-0.1, -0.05) is 4.48 Å². The average Bonchev–Trinajstić information content (AvgIpc) is 2.37. The van der Waals surface area contributed by atoms with Crippen LogP contribution >= 0.6 is 22.9 Å². The Morgan fingerprint density at radius 1 is 1.47 bits per heavy atom. The predicted octanol–water partition coefficient (Wildman–Crippen LogP) is -1.10. The summed E-state index contributed by atoms with van der Waals surface area (Å²) in [5, 5.41) is 28.6. The van der Waals surface area contributed by atoms with Gasteiger partial charge in [0.05, 0.1) is 29.5 Å². The first-order valence-electron chi connectivity index (χ1n) is 5.28. The first kappa shape index (κ1) is 14.6. The zero-order valence-electron chi connectivity index (χ0n) is 9.43. The molecule has 1 aliphatic rings. The normalized spacial score (nSPS) is 31.2. The summed E-state index contributed by atoms with van der Waals surface area (Å²) in [4.78, 5) is 15.1. The molecule has 8 nitrogen and oxygen atoms in total. The number of rotatable bonds is 2. The highest BCUT2D eigenvalue weighted by molar-refractivity contribution is 14.1. The van der Waals surface area contributed by atoms with Crippen molar-refractivity contribution in [3.8, 4) is 0 Å². The van der Waals surface area contributed by atoms with Crippen molar-refractivity contribution in [1.82, 2.24) is 9.55 Å². The second kappa shape index (κ2) is 5.66. The number of halogens is 2. The highest BCUT2D eigenvalue weighted by Gasteiger charge is 2.39. The lowest BCUT2D eigenvalue weighted by molar-refractivity contribution is -0.212. The predicted molar refractivity (Wildman–Crippen MR) is 69.1 cm³/mol. The van der Waals surface area contributed by atoms with Crippen LogP contribution in [0.1, 0.15) is 6.23 Å². The standard InChI is InChI=1S/C9H11FIN3O5/c10-14(11)5-1-2-13(9(18)12-5)8-7(17)6(16)4(15)3-19-8/h1-2,4,6-8,15-17H,3H2/t4-,6-,7+,8?/m1/s1. The van der Waals surface area contributed by atoms with Crippen molar-refractivity contribution in [1.29, 1.82) is 0 Å². The van der Waals surface area contributed by atoms with Crippen LogP contribution in [-0.4, -0.2) is 49.8 Å². The minimum Gasteiger partial charge on any atom is -0.388 e. The topological polar surface area (TPSA) is 108 Å². The molecule has 1 saturated heterocycles. The third-order valence-corrected chi connectivity index (χ3v) is 3.23. The van der Waals surface area contributed by atoms with E-state index in [1.807, 2.05) is 0 Å². The molecule has 1 aliphatic heterocycles. The number of aromatic nitrogens is 2. The first-order chi connectivity index (χ1) is 8.91. The number of aliphatic hydroxyl groups is 3. The summed E-state index contributed by atoms with van der Waals surface area (Å²) in [7, 11) is 0. The van der Waals surface area contributed by atoms with Crippen LogP contribution in [0.5, 0.6) is 0 Å². The molecular formula is C9H11FIN3O5. The maximum Gasteiger partial charge on any atom is 0.351 e. The van der Waals surface area contributed by atoms with Crippen molar-refractivity contribution in [3.05, 3.63) is 22.7 Å². The molecule has 4 atom stereocenters. The fourth-order valence-corrected chi connectivity index (χ4v) is 2.00. The van der Waals surface area contributed by atoms with Crippen LogP contribution in [0.3, 0.4) is 0 Å². The van der Waals surface area contributed by atoms with Crippen LogP contribution in [0.4, 0.5) is 10.3 Å². The minimum atomic E-state index is -1.49. The van der Waals surface area contributed by atoms with Gasteiger partial charge >= 0.3 is 5.69 Å². The molecule has 0 bridgehead atoms. The third-order valence-electron chi connectivity index (χ3n) is 2.74. The van der Waals surface area contributed by atoms with E-state index < -0.39 is 30.2 Å². The molecule has 0 aromatic carbocycles. The van der Waals surface area contributed by atoms with Crippen LogP contribution in [0.2, 0.25) is 0 Å². The lowest BCUT2D eigenvalue weighted by atomic mass is 10.0. The summed E-state index contributed by atoms with van der Waals surface area (Å²) in [6, 6.07) is 1.21. The molecule has 0 saturated carbocycles. The second-order valence-electron chi connectivity index (χ2n) is 3.98. The van der Waals surface area contributed by atoms with Gasteiger partial charge in [0, 0.05) is 12.3 Å². The van der Waals surface area contributed by atoms with Gasteiger partial charge in [-0.15, -0.1) is 3.34 Å². The molecule has 10 heteroatoms. The maximum absolute atomic E-state index is 12.8. The highest BCUT2D eigenvalue weighted by Crippen LogP contribution is 2.23. The number of hydrogen-bond donors (Lipinski definition) is 3. The second-order valence-corrected chi connectivity index (χ2v) is 4.83. The van der Waals surface area contributed by atoms with E-state index in [-0.39, 0.29) is 15.8 Å². The van der Waals surface area contributed by atoms with Crippen molar-refractivity contribution >= 4 is 28.7 Å². The van der Waals surface area contributed by atoms with Crippen LogP contribution in [0.25, 0.3) is 0 Å². The Balaban J connectivity index is 2.30. The van der Waals surface area contributed by atoms with Crippen LogP contribution in [0, 0.1) is 0 Å². The summed E-state index contributed by atoms with van der Waals surface area (Å²) in [6.07, 6.45) is -4.16. The molecule has 1 unspecified atom stereocenters. The molecule has 0 radical (unpaired) electrons. The van der Waals surface area contributed by atoms with Gasteiger partial charge in [0.15, 0.2) is 12.0 Å². The number of hydrogen-bond acceptors (Lipinski definition) is 7. The van der Waals surface area contributed by atoms with E-state index in [1.165, 1.54) is 35.1 Å². The Morgan fingerprint density at radius 3 is 2.74 bits per heavy atom. The van der Waals surface area contributed by atoms with Gasteiger partial charge in [0.25, 0.3) is 0 Å². The van der Waals surface area contributed by atoms with E-state index in [4.69, 9.17) is 4.74 Å². The van der Waals surface area contributed by atoms with E-state index in [0.29, 0.717) is 0 Å². The molecule has 0 aliphatic carbocycles. The van der Waals surface area contributed by atoms with Gasteiger partial charge < -0.3 is 20.1 Å². The maximum atomic E-state index is 12.8.